The van der Waals surface area contributed by atoms with Crippen LogP contribution < -0.4 is 14.8 Å². The molecule has 9 nitrogen and oxygen atoms in total. The van der Waals surface area contributed by atoms with Crippen molar-refractivity contribution in [1.82, 2.24) is 19.4 Å². The van der Waals surface area contributed by atoms with E-state index in [9.17, 15) is 4.79 Å². The lowest BCUT2D eigenvalue weighted by Gasteiger charge is -2.38. The first kappa shape index (κ1) is 29.9. The van der Waals surface area contributed by atoms with Crippen molar-refractivity contribution < 1.29 is 19.0 Å². The van der Waals surface area contributed by atoms with Crippen LogP contribution in [0.15, 0.2) is 61.1 Å². The van der Waals surface area contributed by atoms with Gasteiger partial charge in [0.2, 0.25) is 0 Å². The second kappa shape index (κ2) is 13.5. The molecule has 41 heavy (non-hydrogen) atoms. The van der Waals surface area contributed by atoms with Crippen molar-refractivity contribution in [2.45, 2.75) is 46.8 Å². The highest BCUT2D eigenvalue weighted by molar-refractivity contribution is 6.03. The molecule has 0 spiro atoms. The summed E-state index contributed by atoms with van der Waals surface area (Å²) in [5.41, 5.74) is 4.72. The van der Waals surface area contributed by atoms with Gasteiger partial charge in [0.05, 0.1) is 39.4 Å². The highest BCUT2D eigenvalue weighted by Gasteiger charge is 2.29. The SMILES string of the molecule is C.CCOC(=O)c1cnc2c(ncn2Cc2ccc(OC)c(OC)c2)c1N[C@H]1CN(Cc2ccccc2)CC[C@H]1C. The van der Waals surface area contributed by atoms with Crippen LogP contribution in [0.2, 0.25) is 0 Å². The lowest BCUT2D eigenvalue weighted by atomic mass is 9.92. The zero-order chi connectivity index (χ0) is 28.1. The fourth-order valence-corrected chi connectivity index (χ4v) is 5.30. The first-order valence-electron chi connectivity index (χ1n) is 13.7. The molecule has 4 aromatic rings. The van der Waals surface area contributed by atoms with E-state index in [4.69, 9.17) is 19.2 Å². The van der Waals surface area contributed by atoms with Crippen molar-refractivity contribution in [1.29, 1.82) is 0 Å². The number of nitrogens with one attached hydrogen (secondary N) is 1. The number of ether oxygens (including phenoxy) is 3. The van der Waals surface area contributed by atoms with Crippen molar-refractivity contribution >= 4 is 22.8 Å². The Kier molecular flexibility index (Phi) is 9.83. The summed E-state index contributed by atoms with van der Waals surface area (Å²) in [5, 5.41) is 3.71. The van der Waals surface area contributed by atoms with Crippen LogP contribution in [0, 0.1) is 5.92 Å². The number of fused-ring (bicyclic) bond motifs is 1. The van der Waals surface area contributed by atoms with Crippen LogP contribution >= 0.6 is 0 Å². The van der Waals surface area contributed by atoms with E-state index in [1.54, 1.807) is 33.7 Å². The fourth-order valence-electron chi connectivity index (χ4n) is 5.30. The molecule has 2 aromatic carbocycles. The van der Waals surface area contributed by atoms with Gasteiger partial charge in [-0.15, -0.1) is 0 Å². The molecule has 0 amide bonds. The number of methoxy groups -OCH3 is 2. The summed E-state index contributed by atoms with van der Waals surface area (Å²) in [5.74, 6) is 1.35. The fraction of sp³-hybridized carbons (Fsp3) is 0.406. The normalized spacial score (nSPS) is 17.1. The lowest BCUT2D eigenvalue weighted by Crippen LogP contribution is -2.46. The van der Waals surface area contributed by atoms with Gasteiger partial charge in [0, 0.05) is 25.3 Å². The van der Waals surface area contributed by atoms with Gasteiger partial charge < -0.3 is 24.1 Å². The van der Waals surface area contributed by atoms with Crippen LogP contribution in [0.25, 0.3) is 11.2 Å². The topological polar surface area (TPSA) is 90.7 Å². The van der Waals surface area contributed by atoms with Crippen LogP contribution in [-0.4, -0.2) is 65.4 Å². The number of benzene rings is 2. The van der Waals surface area contributed by atoms with Gasteiger partial charge in [-0.1, -0.05) is 50.7 Å². The number of anilines is 1. The van der Waals surface area contributed by atoms with Crippen LogP contribution in [0.4, 0.5) is 5.69 Å². The summed E-state index contributed by atoms with van der Waals surface area (Å²) in [7, 11) is 3.24. The molecule has 1 fully saturated rings. The van der Waals surface area contributed by atoms with E-state index >= 15 is 0 Å². The predicted octanol–water partition coefficient (Wildman–Crippen LogP) is 5.63. The number of rotatable bonds is 10. The number of piperidine rings is 1. The highest BCUT2D eigenvalue weighted by Crippen LogP contribution is 2.31. The van der Waals surface area contributed by atoms with E-state index in [-0.39, 0.29) is 20.1 Å². The number of esters is 1. The molecule has 9 heteroatoms. The molecule has 2 atom stereocenters. The van der Waals surface area contributed by atoms with Gasteiger partial charge in [-0.3, -0.25) is 4.90 Å². The molecule has 1 N–H and O–H groups in total. The number of hydrogen-bond acceptors (Lipinski definition) is 8. The van der Waals surface area contributed by atoms with Crippen LogP contribution in [0.1, 0.15) is 49.2 Å². The molecule has 5 rings (SSSR count). The Labute approximate surface area is 242 Å². The van der Waals surface area contributed by atoms with Gasteiger partial charge >= 0.3 is 5.97 Å². The van der Waals surface area contributed by atoms with Gasteiger partial charge in [-0.05, 0) is 49.1 Å². The average Bonchev–Trinajstić information content (AvgIpc) is 3.38. The summed E-state index contributed by atoms with van der Waals surface area (Å²) in [6, 6.07) is 16.5. The standard InChI is InChI=1S/C31H37N5O4.CH4/c1-5-40-31(37)24-16-32-30-29(33-20-36(30)18-23-11-12-26(38-3)27(15-23)39-4)28(24)34-25-19-35(14-13-21(25)2)17-22-9-7-6-8-10-22;/h6-12,15-16,20-21,25H,5,13-14,17-19H2,1-4H3,(H,32,34);1H4/t21-,25+;/m1./s1. The third kappa shape index (κ3) is 6.62. The molecule has 218 valence electrons. The third-order valence-electron chi connectivity index (χ3n) is 7.55. The van der Waals surface area contributed by atoms with E-state index in [1.165, 1.54) is 5.56 Å². The van der Waals surface area contributed by atoms with Gasteiger partial charge in [-0.2, -0.15) is 0 Å². The average molecular weight is 560 g/mol. The highest BCUT2D eigenvalue weighted by atomic mass is 16.5. The van der Waals surface area contributed by atoms with Crippen molar-refractivity contribution in [3.8, 4) is 11.5 Å². The molecule has 0 bridgehead atoms. The van der Waals surface area contributed by atoms with E-state index in [1.807, 2.05) is 28.8 Å². The second-order valence-corrected chi connectivity index (χ2v) is 10.2. The van der Waals surface area contributed by atoms with Crippen LogP contribution in [0.5, 0.6) is 11.5 Å². The van der Waals surface area contributed by atoms with Crippen molar-refractivity contribution in [3.05, 3.63) is 77.7 Å². The Morgan fingerprint density at radius 2 is 1.80 bits per heavy atom. The number of hydrogen-bond donors (Lipinski definition) is 1. The maximum atomic E-state index is 13.0. The second-order valence-electron chi connectivity index (χ2n) is 10.2. The van der Waals surface area contributed by atoms with Crippen molar-refractivity contribution in [2.24, 2.45) is 5.92 Å². The molecule has 3 heterocycles. The maximum absolute atomic E-state index is 13.0. The number of imidazole rings is 1. The minimum Gasteiger partial charge on any atom is -0.493 e. The maximum Gasteiger partial charge on any atom is 0.341 e. The molecule has 1 aliphatic heterocycles. The number of carbonyl (C=O) groups excluding carboxylic acids is 1. The lowest BCUT2D eigenvalue weighted by molar-refractivity contribution is 0.0527. The number of likely N-dealkylation sites (tertiary alicyclic amines) is 1. The number of aromatic nitrogens is 3. The Morgan fingerprint density at radius 1 is 1.02 bits per heavy atom. The molecule has 2 aromatic heterocycles. The smallest absolute Gasteiger partial charge is 0.341 e. The Morgan fingerprint density at radius 3 is 2.54 bits per heavy atom. The predicted molar refractivity (Wildman–Crippen MR) is 162 cm³/mol. The molecule has 1 aliphatic rings. The molecular formula is C32H41N5O4. The summed E-state index contributed by atoms with van der Waals surface area (Å²) in [6.45, 7) is 7.66. The molecule has 0 aliphatic carbocycles. The number of pyridine rings is 1. The minimum absolute atomic E-state index is 0. The monoisotopic (exact) mass is 559 g/mol. The zero-order valence-electron chi connectivity index (χ0n) is 23.6. The molecule has 0 saturated carbocycles. The van der Waals surface area contributed by atoms with E-state index < -0.39 is 5.97 Å². The first-order valence-corrected chi connectivity index (χ1v) is 13.7. The molecule has 1 saturated heterocycles. The molecular weight excluding hydrogens is 518 g/mol. The third-order valence-corrected chi connectivity index (χ3v) is 7.55. The van der Waals surface area contributed by atoms with Gasteiger partial charge in [-0.25, -0.2) is 14.8 Å². The first-order chi connectivity index (χ1) is 19.5. The Hall–Kier alpha value is -4.11. The minimum atomic E-state index is -0.404. The molecule has 0 unspecified atom stereocenters. The van der Waals surface area contributed by atoms with E-state index in [0.29, 0.717) is 46.4 Å². The van der Waals surface area contributed by atoms with Crippen molar-refractivity contribution in [2.75, 3.05) is 39.2 Å². The summed E-state index contributed by atoms with van der Waals surface area (Å²) >= 11 is 0. The largest absolute Gasteiger partial charge is 0.493 e. The van der Waals surface area contributed by atoms with Gasteiger partial charge in [0.1, 0.15) is 11.1 Å². The zero-order valence-corrected chi connectivity index (χ0v) is 23.6. The van der Waals surface area contributed by atoms with Crippen LogP contribution in [0.3, 0.4) is 0 Å². The summed E-state index contributed by atoms with van der Waals surface area (Å²) in [4.78, 5) is 24.8. The van der Waals surface area contributed by atoms with Gasteiger partial charge in [0.25, 0.3) is 0 Å². The Balaban J connectivity index is 0.00000387. The summed E-state index contributed by atoms with van der Waals surface area (Å²) in [6.07, 6.45) is 4.42. The number of nitrogens with zero attached hydrogens (tertiary/aromatic N) is 4. The van der Waals surface area contributed by atoms with E-state index in [2.05, 4.69) is 46.4 Å². The van der Waals surface area contributed by atoms with Gasteiger partial charge in [0.15, 0.2) is 17.1 Å². The summed E-state index contributed by atoms with van der Waals surface area (Å²) < 4.78 is 18.2. The van der Waals surface area contributed by atoms with Crippen LogP contribution in [-0.2, 0) is 17.8 Å². The van der Waals surface area contributed by atoms with E-state index in [0.717, 1.165) is 31.6 Å². The Bertz CT molecular complexity index is 1460. The number of carbonyl (C=O) groups is 1. The quantitative estimate of drug-likeness (QED) is 0.250. The van der Waals surface area contributed by atoms with Crippen molar-refractivity contribution in [3.63, 3.8) is 0 Å². The molecule has 0 radical (unpaired) electrons.